The lowest BCUT2D eigenvalue weighted by atomic mass is 10.1. The van der Waals surface area contributed by atoms with Crippen molar-refractivity contribution in [3.8, 4) is 0 Å². The molecule has 0 aliphatic heterocycles. The van der Waals surface area contributed by atoms with Crippen LogP contribution >= 0.6 is 22.6 Å². The summed E-state index contributed by atoms with van der Waals surface area (Å²) in [7, 11) is 0. The maximum atomic E-state index is 11.5. The van der Waals surface area contributed by atoms with Crippen molar-refractivity contribution in [3.05, 3.63) is 49.6 Å². The monoisotopic (exact) mass is 355 g/mol. The highest BCUT2D eigenvalue weighted by Gasteiger charge is 2.06. The van der Waals surface area contributed by atoms with Gasteiger partial charge in [0.1, 0.15) is 3.57 Å². The van der Waals surface area contributed by atoms with Crippen LogP contribution in [-0.2, 0) is 6.42 Å². The van der Waals surface area contributed by atoms with Gasteiger partial charge in [-0.1, -0.05) is 13.0 Å². The van der Waals surface area contributed by atoms with E-state index >= 15 is 0 Å². The van der Waals surface area contributed by atoms with Gasteiger partial charge in [0.2, 0.25) is 0 Å². The summed E-state index contributed by atoms with van der Waals surface area (Å²) < 4.78 is 0.562. The lowest BCUT2D eigenvalue weighted by Crippen LogP contribution is -2.12. The third kappa shape index (κ3) is 2.72. The fourth-order valence-corrected chi connectivity index (χ4v) is 2.21. The van der Waals surface area contributed by atoms with Crippen LogP contribution in [0.2, 0.25) is 0 Å². The van der Waals surface area contributed by atoms with Gasteiger partial charge in [-0.15, -0.1) is 0 Å². The van der Waals surface area contributed by atoms with Gasteiger partial charge in [-0.25, -0.2) is 4.98 Å². The molecule has 0 radical (unpaired) electrons. The number of nitrogens with one attached hydrogen (secondary N) is 2. The molecule has 5 heteroatoms. The number of H-pyrrole nitrogens is 1. The van der Waals surface area contributed by atoms with Gasteiger partial charge in [-0.2, -0.15) is 0 Å². The summed E-state index contributed by atoms with van der Waals surface area (Å²) in [6, 6.07) is 6.17. The van der Waals surface area contributed by atoms with Crippen molar-refractivity contribution < 1.29 is 0 Å². The molecule has 0 saturated carbocycles. The first-order valence-electron chi connectivity index (χ1n) is 5.71. The molecule has 0 bridgehead atoms. The molecular weight excluding hydrogens is 341 g/mol. The minimum atomic E-state index is -0.130. The quantitative estimate of drug-likeness (QED) is 0.833. The number of aromatic amines is 1. The SMILES string of the molecule is CCc1ccc(Nc2nc[nH]c(=O)c2I)cc1C. The van der Waals surface area contributed by atoms with Crippen LogP contribution in [0.3, 0.4) is 0 Å². The van der Waals surface area contributed by atoms with E-state index in [0.29, 0.717) is 9.39 Å². The Balaban J connectivity index is 2.32. The van der Waals surface area contributed by atoms with Gasteiger partial charge in [0.25, 0.3) is 5.56 Å². The summed E-state index contributed by atoms with van der Waals surface area (Å²) in [4.78, 5) is 18.1. The Morgan fingerprint density at radius 3 is 2.89 bits per heavy atom. The summed E-state index contributed by atoms with van der Waals surface area (Å²) >= 11 is 1.99. The van der Waals surface area contributed by atoms with Gasteiger partial charge < -0.3 is 10.3 Å². The number of aryl methyl sites for hydroxylation is 2. The van der Waals surface area contributed by atoms with E-state index in [9.17, 15) is 4.79 Å². The van der Waals surface area contributed by atoms with Gasteiger partial charge in [-0.3, -0.25) is 4.79 Å². The zero-order valence-corrected chi connectivity index (χ0v) is 12.4. The molecule has 0 fully saturated rings. The number of nitrogens with zero attached hydrogens (tertiary/aromatic N) is 1. The van der Waals surface area contributed by atoms with Crippen molar-refractivity contribution >= 4 is 34.1 Å². The number of benzene rings is 1. The topological polar surface area (TPSA) is 57.8 Å². The number of hydrogen-bond acceptors (Lipinski definition) is 3. The number of aromatic nitrogens is 2. The Morgan fingerprint density at radius 1 is 1.44 bits per heavy atom. The molecule has 0 aliphatic carbocycles. The molecular formula is C13H14IN3O. The van der Waals surface area contributed by atoms with Crippen molar-refractivity contribution in [1.82, 2.24) is 9.97 Å². The first-order valence-corrected chi connectivity index (χ1v) is 6.79. The lowest BCUT2D eigenvalue weighted by Gasteiger charge is -2.09. The molecule has 0 saturated heterocycles. The molecule has 4 nitrogen and oxygen atoms in total. The second-order valence-corrected chi connectivity index (χ2v) is 5.09. The lowest BCUT2D eigenvalue weighted by molar-refractivity contribution is 1.09. The Labute approximate surface area is 119 Å². The van der Waals surface area contributed by atoms with Crippen molar-refractivity contribution in [1.29, 1.82) is 0 Å². The van der Waals surface area contributed by atoms with E-state index in [1.165, 1.54) is 17.5 Å². The van der Waals surface area contributed by atoms with Gasteiger partial charge in [0, 0.05) is 5.69 Å². The number of hydrogen-bond donors (Lipinski definition) is 2. The van der Waals surface area contributed by atoms with Gasteiger partial charge in [-0.05, 0) is 59.2 Å². The Morgan fingerprint density at radius 2 is 2.22 bits per heavy atom. The Bertz CT molecular complexity index is 622. The summed E-state index contributed by atoms with van der Waals surface area (Å²) in [6.45, 7) is 4.22. The van der Waals surface area contributed by atoms with Crippen molar-refractivity contribution in [2.45, 2.75) is 20.3 Å². The van der Waals surface area contributed by atoms with Crippen LogP contribution in [0.25, 0.3) is 0 Å². The van der Waals surface area contributed by atoms with Crippen LogP contribution in [0.5, 0.6) is 0 Å². The van der Waals surface area contributed by atoms with E-state index in [1.54, 1.807) is 0 Å². The van der Waals surface area contributed by atoms with Gasteiger partial charge >= 0.3 is 0 Å². The normalized spacial score (nSPS) is 10.4. The molecule has 2 rings (SSSR count). The Kier molecular flexibility index (Phi) is 4.00. The highest BCUT2D eigenvalue weighted by molar-refractivity contribution is 14.1. The number of halogens is 1. The molecule has 1 heterocycles. The highest BCUT2D eigenvalue weighted by atomic mass is 127. The summed E-state index contributed by atoms with van der Waals surface area (Å²) in [6.07, 6.45) is 2.42. The van der Waals surface area contributed by atoms with E-state index in [0.717, 1.165) is 12.1 Å². The van der Waals surface area contributed by atoms with Crippen molar-refractivity contribution in [3.63, 3.8) is 0 Å². The largest absolute Gasteiger partial charge is 0.339 e. The van der Waals surface area contributed by atoms with Crippen LogP contribution in [0.15, 0.2) is 29.3 Å². The Hall–Kier alpha value is -1.37. The average molecular weight is 355 g/mol. The third-order valence-corrected chi connectivity index (χ3v) is 3.78. The minimum Gasteiger partial charge on any atom is -0.339 e. The van der Waals surface area contributed by atoms with E-state index < -0.39 is 0 Å². The van der Waals surface area contributed by atoms with Crippen LogP contribution in [0.4, 0.5) is 11.5 Å². The fourth-order valence-electron chi connectivity index (χ4n) is 1.78. The van der Waals surface area contributed by atoms with Crippen LogP contribution in [0.1, 0.15) is 18.1 Å². The molecule has 1 aromatic carbocycles. The van der Waals surface area contributed by atoms with Crippen LogP contribution in [-0.4, -0.2) is 9.97 Å². The van der Waals surface area contributed by atoms with Crippen molar-refractivity contribution in [2.24, 2.45) is 0 Å². The molecule has 0 amide bonds. The number of rotatable bonds is 3. The molecule has 2 N–H and O–H groups in total. The summed E-state index contributed by atoms with van der Waals surface area (Å²) in [5.41, 5.74) is 3.38. The molecule has 18 heavy (non-hydrogen) atoms. The third-order valence-electron chi connectivity index (χ3n) is 2.78. The number of anilines is 2. The van der Waals surface area contributed by atoms with Gasteiger partial charge in [0.15, 0.2) is 5.82 Å². The predicted molar refractivity (Wildman–Crippen MR) is 81.4 cm³/mol. The molecule has 2 aromatic rings. The zero-order valence-electron chi connectivity index (χ0n) is 10.2. The predicted octanol–water partition coefficient (Wildman–Crippen LogP) is 2.99. The molecule has 0 unspecified atom stereocenters. The zero-order chi connectivity index (χ0) is 13.1. The summed E-state index contributed by atoms with van der Waals surface area (Å²) in [5.74, 6) is 0.586. The van der Waals surface area contributed by atoms with E-state index in [4.69, 9.17) is 0 Å². The van der Waals surface area contributed by atoms with Crippen LogP contribution in [0, 0.1) is 10.5 Å². The minimum absolute atomic E-state index is 0.130. The average Bonchev–Trinajstić information content (AvgIpc) is 2.35. The first-order chi connectivity index (χ1) is 8.61. The second kappa shape index (κ2) is 5.51. The molecule has 94 valence electrons. The van der Waals surface area contributed by atoms with Gasteiger partial charge in [0.05, 0.1) is 6.33 Å². The smallest absolute Gasteiger partial charge is 0.266 e. The highest BCUT2D eigenvalue weighted by Crippen LogP contribution is 2.20. The van der Waals surface area contributed by atoms with E-state index in [2.05, 4.69) is 41.3 Å². The van der Waals surface area contributed by atoms with E-state index in [1.807, 2.05) is 28.7 Å². The molecule has 1 aromatic heterocycles. The van der Waals surface area contributed by atoms with E-state index in [-0.39, 0.29) is 5.56 Å². The van der Waals surface area contributed by atoms with Crippen LogP contribution < -0.4 is 10.9 Å². The summed E-state index contributed by atoms with van der Waals surface area (Å²) in [5, 5.41) is 3.17. The molecule has 0 spiro atoms. The molecule has 0 atom stereocenters. The van der Waals surface area contributed by atoms with Crippen molar-refractivity contribution in [2.75, 3.05) is 5.32 Å². The molecule has 0 aliphatic rings. The maximum absolute atomic E-state index is 11.5. The maximum Gasteiger partial charge on any atom is 0.266 e. The fraction of sp³-hybridized carbons (Fsp3) is 0.231. The second-order valence-electron chi connectivity index (χ2n) is 4.01. The first kappa shape index (κ1) is 13.1. The standard InChI is InChI=1S/C13H14IN3O/c1-3-9-4-5-10(6-8(9)2)17-12-11(14)13(18)16-7-15-12/h4-7H,3H2,1-2H3,(H2,15,16,17,18).